The molecule has 2 rings (SSSR count). The number of unbranched alkanes of at least 4 members (excludes halogenated alkanes) is 1. The van der Waals surface area contributed by atoms with Gasteiger partial charge in [-0.05, 0) is 18.6 Å². The number of benzene rings is 1. The van der Waals surface area contributed by atoms with Crippen LogP contribution in [-0.4, -0.2) is 52.3 Å². The summed E-state index contributed by atoms with van der Waals surface area (Å²) in [5.74, 6) is -1.20. The average molecular weight is 357 g/mol. The molecule has 4 N–H and O–H groups in total. The van der Waals surface area contributed by atoms with E-state index in [1.165, 1.54) is 6.07 Å². The zero-order valence-corrected chi connectivity index (χ0v) is 14.4. The zero-order valence-electron chi connectivity index (χ0n) is 13.6. The van der Waals surface area contributed by atoms with Crippen LogP contribution in [0.1, 0.15) is 30.1 Å². The Hall–Kier alpha value is -1.84. The highest BCUT2D eigenvalue weighted by molar-refractivity contribution is 7.89. The van der Waals surface area contributed by atoms with E-state index in [2.05, 4.69) is 5.32 Å². The van der Waals surface area contributed by atoms with Gasteiger partial charge in [0.1, 0.15) is 4.90 Å². The number of primary sulfonamides is 1. The van der Waals surface area contributed by atoms with Crippen molar-refractivity contribution in [2.75, 3.05) is 43.1 Å². The van der Waals surface area contributed by atoms with E-state index in [1.54, 1.807) is 0 Å². The van der Waals surface area contributed by atoms with E-state index in [0.717, 1.165) is 18.9 Å². The first-order valence-corrected chi connectivity index (χ1v) is 9.40. The van der Waals surface area contributed by atoms with Crippen LogP contribution in [0.2, 0.25) is 0 Å². The van der Waals surface area contributed by atoms with Gasteiger partial charge in [0.2, 0.25) is 10.0 Å². The van der Waals surface area contributed by atoms with Crippen LogP contribution in [0.3, 0.4) is 0 Å². The van der Waals surface area contributed by atoms with Crippen molar-refractivity contribution < 1.29 is 23.1 Å². The number of hydrogen-bond donors (Lipinski definition) is 3. The Morgan fingerprint density at radius 1 is 1.38 bits per heavy atom. The molecule has 8 nitrogen and oxygen atoms in total. The van der Waals surface area contributed by atoms with Crippen LogP contribution in [0.5, 0.6) is 0 Å². The lowest BCUT2D eigenvalue weighted by molar-refractivity contribution is 0.0696. The third-order valence-electron chi connectivity index (χ3n) is 3.80. The summed E-state index contributed by atoms with van der Waals surface area (Å²) in [6, 6.07) is 2.57. The van der Waals surface area contributed by atoms with Gasteiger partial charge in [-0.1, -0.05) is 13.3 Å². The molecule has 1 heterocycles. The molecule has 1 aromatic carbocycles. The number of ether oxygens (including phenoxy) is 1. The molecule has 1 saturated heterocycles. The first-order chi connectivity index (χ1) is 11.3. The van der Waals surface area contributed by atoms with Crippen molar-refractivity contribution in [3.63, 3.8) is 0 Å². The summed E-state index contributed by atoms with van der Waals surface area (Å²) < 4.78 is 29.4. The quantitative estimate of drug-likeness (QED) is 0.624. The Kier molecular flexibility index (Phi) is 6.03. The Bertz CT molecular complexity index is 699. The van der Waals surface area contributed by atoms with Crippen LogP contribution in [-0.2, 0) is 14.8 Å². The highest BCUT2D eigenvalue weighted by Gasteiger charge is 2.26. The van der Waals surface area contributed by atoms with Crippen LogP contribution < -0.4 is 15.4 Å². The predicted molar refractivity (Wildman–Crippen MR) is 91.2 cm³/mol. The number of nitrogens with one attached hydrogen (secondary N) is 1. The van der Waals surface area contributed by atoms with Gasteiger partial charge in [0.15, 0.2) is 0 Å². The number of carbonyl (C=O) groups is 1. The van der Waals surface area contributed by atoms with Gasteiger partial charge in [0, 0.05) is 19.6 Å². The molecule has 0 aromatic heterocycles. The fourth-order valence-corrected chi connectivity index (χ4v) is 3.40. The highest BCUT2D eigenvalue weighted by Crippen LogP contribution is 2.35. The lowest BCUT2D eigenvalue weighted by atomic mass is 10.1. The van der Waals surface area contributed by atoms with Crippen LogP contribution in [0.15, 0.2) is 17.0 Å². The minimum absolute atomic E-state index is 0.116. The molecule has 9 heteroatoms. The van der Waals surface area contributed by atoms with E-state index < -0.39 is 16.0 Å². The molecule has 0 aliphatic carbocycles. The summed E-state index contributed by atoms with van der Waals surface area (Å²) in [6.45, 7) is 4.61. The van der Waals surface area contributed by atoms with Gasteiger partial charge >= 0.3 is 5.97 Å². The monoisotopic (exact) mass is 357 g/mol. The number of hydrogen-bond acceptors (Lipinski definition) is 6. The van der Waals surface area contributed by atoms with Crippen LogP contribution in [0, 0.1) is 0 Å². The van der Waals surface area contributed by atoms with E-state index >= 15 is 0 Å². The van der Waals surface area contributed by atoms with Gasteiger partial charge in [-0.2, -0.15) is 0 Å². The van der Waals surface area contributed by atoms with E-state index in [9.17, 15) is 18.3 Å². The Morgan fingerprint density at radius 3 is 2.58 bits per heavy atom. The Labute approximate surface area is 141 Å². The standard InChI is InChI=1S/C15H23N3O5S/c1-2-3-4-17-12-9-11(15(19)20)10-13(24(16,21)22)14(12)18-5-7-23-8-6-18/h9-10,17H,2-8H2,1H3,(H,19,20)(H2,16,21,22). The number of carboxylic acids is 1. The van der Waals surface area contributed by atoms with Crippen LogP contribution >= 0.6 is 0 Å². The molecule has 134 valence electrons. The molecule has 0 radical (unpaired) electrons. The van der Waals surface area contributed by atoms with Crippen molar-refractivity contribution in [3.05, 3.63) is 17.7 Å². The Balaban J connectivity index is 2.58. The van der Waals surface area contributed by atoms with Gasteiger partial charge in [0.25, 0.3) is 0 Å². The molecular formula is C15H23N3O5S. The molecule has 0 amide bonds. The van der Waals surface area contributed by atoms with Crippen LogP contribution in [0.25, 0.3) is 0 Å². The number of aromatic carboxylic acids is 1. The molecule has 1 aromatic rings. The van der Waals surface area contributed by atoms with Crippen molar-refractivity contribution in [1.29, 1.82) is 0 Å². The van der Waals surface area contributed by atoms with Gasteiger partial charge in [-0.3, -0.25) is 0 Å². The Morgan fingerprint density at radius 2 is 2.04 bits per heavy atom. The largest absolute Gasteiger partial charge is 0.478 e. The second-order valence-corrected chi connectivity index (χ2v) is 7.13. The minimum Gasteiger partial charge on any atom is -0.478 e. The second kappa shape index (κ2) is 7.82. The maximum atomic E-state index is 12.1. The maximum absolute atomic E-state index is 12.1. The molecular weight excluding hydrogens is 334 g/mol. The van der Waals surface area contributed by atoms with Crippen molar-refractivity contribution in [2.45, 2.75) is 24.7 Å². The highest BCUT2D eigenvalue weighted by atomic mass is 32.2. The topological polar surface area (TPSA) is 122 Å². The minimum atomic E-state index is -4.08. The lowest BCUT2D eigenvalue weighted by Crippen LogP contribution is -2.38. The summed E-state index contributed by atoms with van der Waals surface area (Å²) in [7, 11) is -4.08. The zero-order chi connectivity index (χ0) is 17.7. The number of carboxylic acid groups (broad SMARTS) is 1. The molecule has 0 bridgehead atoms. The molecule has 0 spiro atoms. The molecule has 1 aliphatic heterocycles. The van der Waals surface area contributed by atoms with Crippen molar-refractivity contribution in [2.24, 2.45) is 5.14 Å². The number of nitrogens with two attached hydrogens (primary N) is 1. The first-order valence-electron chi connectivity index (χ1n) is 7.85. The molecule has 0 saturated carbocycles. The van der Waals surface area contributed by atoms with Gasteiger partial charge < -0.3 is 20.1 Å². The van der Waals surface area contributed by atoms with Gasteiger partial charge in [0.05, 0.1) is 30.2 Å². The maximum Gasteiger partial charge on any atom is 0.335 e. The molecule has 24 heavy (non-hydrogen) atoms. The van der Waals surface area contributed by atoms with E-state index in [-0.39, 0.29) is 10.5 Å². The van der Waals surface area contributed by atoms with Gasteiger partial charge in [-0.15, -0.1) is 0 Å². The summed E-state index contributed by atoms with van der Waals surface area (Å²) in [4.78, 5) is 13.0. The van der Waals surface area contributed by atoms with Crippen molar-refractivity contribution in [3.8, 4) is 0 Å². The molecule has 0 atom stereocenters. The first kappa shape index (κ1) is 18.5. The van der Waals surface area contributed by atoms with E-state index in [4.69, 9.17) is 9.88 Å². The third-order valence-corrected chi connectivity index (χ3v) is 4.73. The molecule has 1 fully saturated rings. The molecule has 1 aliphatic rings. The average Bonchev–Trinajstić information content (AvgIpc) is 2.54. The predicted octanol–water partition coefficient (Wildman–Crippen LogP) is 1.08. The summed E-state index contributed by atoms with van der Waals surface area (Å²) in [5, 5.41) is 17.8. The number of sulfonamides is 1. The smallest absolute Gasteiger partial charge is 0.335 e. The number of anilines is 2. The summed E-state index contributed by atoms with van der Waals surface area (Å²) in [5.41, 5.74) is 0.770. The van der Waals surface area contributed by atoms with E-state index in [1.807, 2.05) is 11.8 Å². The van der Waals surface area contributed by atoms with Crippen molar-refractivity contribution in [1.82, 2.24) is 0 Å². The van der Waals surface area contributed by atoms with Gasteiger partial charge in [-0.25, -0.2) is 18.4 Å². The second-order valence-electron chi connectivity index (χ2n) is 5.60. The number of nitrogens with zero attached hydrogens (tertiary/aromatic N) is 1. The normalized spacial score (nSPS) is 15.3. The third kappa shape index (κ3) is 4.37. The fourth-order valence-electron chi connectivity index (χ4n) is 2.60. The van der Waals surface area contributed by atoms with E-state index in [0.29, 0.717) is 44.2 Å². The fraction of sp³-hybridized carbons (Fsp3) is 0.533. The molecule has 0 unspecified atom stereocenters. The lowest BCUT2D eigenvalue weighted by Gasteiger charge is -2.32. The SMILES string of the molecule is CCCCNc1cc(C(=O)O)cc(S(N)(=O)=O)c1N1CCOCC1. The van der Waals surface area contributed by atoms with Crippen molar-refractivity contribution >= 4 is 27.4 Å². The number of morpholine rings is 1. The summed E-state index contributed by atoms with van der Waals surface area (Å²) in [6.07, 6.45) is 1.84. The number of rotatable bonds is 7. The summed E-state index contributed by atoms with van der Waals surface area (Å²) >= 11 is 0. The van der Waals surface area contributed by atoms with Crippen LogP contribution in [0.4, 0.5) is 11.4 Å².